The van der Waals surface area contributed by atoms with Gasteiger partial charge in [-0.25, -0.2) is 0 Å². The SMILES string of the molecule is CCCCCCCCOCc1cccc(O)c1COCCCCCCCC. The van der Waals surface area contributed by atoms with E-state index in [1.165, 1.54) is 64.2 Å². The highest BCUT2D eigenvalue weighted by Crippen LogP contribution is 2.23. The van der Waals surface area contributed by atoms with Crippen LogP contribution in [0.25, 0.3) is 0 Å². The first-order chi connectivity index (χ1) is 13.3. The molecule has 1 aromatic rings. The van der Waals surface area contributed by atoms with Gasteiger partial charge in [0.15, 0.2) is 0 Å². The summed E-state index contributed by atoms with van der Waals surface area (Å²) >= 11 is 0. The number of ether oxygens (including phenoxy) is 2. The standard InChI is InChI=1S/C24H42O3/c1-3-5-7-9-11-13-18-26-20-22-16-15-17-24(25)23(22)21-27-19-14-12-10-8-6-4-2/h15-17,25H,3-14,18-21H2,1-2H3. The van der Waals surface area contributed by atoms with Gasteiger partial charge in [-0.2, -0.15) is 0 Å². The maximum absolute atomic E-state index is 10.2. The summed E-state index contributed by atoms with van der Waals surface area (Å²) in [5, 5.41) is 10.2. The smallest absolute Gasteiger partial charge is 0.121 e. The Morgan fingerprint density at radius 2 is 1.19 bits per heavy atom. The second kappa shape index (κ2) is 17.1. The minimum Gasteiger partial charge on any atom is -0.508 e. The highest BCUT2D eigenvalue weighted by Gasteiger charge is 2.08. The maximum Gasteiger partial charge on any atom is 0.121 e. The zero-order valence-electron chi connectivity index (χ0n) is 17.8. The largest absolute Gasteiger partial charge is 0.508 e. The van der Waals surface area contributed by atoms with Crippen molar-refractivity contribution in [3.8, 4) is 5.75 Å². The molecule has 0 atom stereocenters. The third kappa shape index (κ3) is 12.1. The summed E-state index contributed by atoms with van der Waals surface area (Å²) in [6.45, 7) is 7.06. The molecule has 0 fully saturated rings. The van der Waals surface area contributed by atoms with Crippen LogP contribution in [0.2, 0.25) is 0 Å². The summed E-state index contributed by atoms with van der Waals surface area (Å²) < 4.78 is 11.7. The number of benzene rings is 1. The first kappa shape index (κ1) is 24.0. The van der Waals surface area contributed by atoms with Crippen LogP contribution in [-0.4, -0.2) is 18.3 Å². The predicted octanol–water partition coefficient (Wildman–Crippen LogP) is 7.15. The molecular weight excluding hydrogens is 336 g/mol. The van der Waals surface area contributed by atoms with Crippen molar-refractivity contribution in [3.05, 3.63) is 29.3 Å². The Balaban J connectivity index is 2.21. The number of phenolic OH excluding ortho intramolecular Hbond substituents is 1. The van der Waals surface area contributed by atoms with Crippen LogP contribution in [0, 0.1) is 0 Å². The molecule has 0 bridgehead atoms. The van der Waals surface area contributed by atoms with Crippen molar-refractivity contribution in [3.63, 3.8) is 0 Å². The van der Waals surface area contributed by atoms with Crippen molar-refractivity contribution in [2.24, 2.45) is 0 Å². The maximum atomic E-state index is 10.2. The molecule has 0 unspecified atom stereocenters. The first-order valence-corrected chi connectivity index (χ1v) is 11.2. The number of hydrogen-bond donors (Lipinski definition) is 1. The number of unbranched alkanes of at least 4 members (excludes halogenated alkanes) is 10. The van der Waals surface area contributed by atoms with Crippen LogP contribution >= 0.6 is 0 Å². The molecular formula is C24H42O3. The lowest BCUT2D eigenvalue weighted by Gasteiger charge is -2.13. The Labute approximate surface area is 167 Å². The Morgan fingerprint density at radius 3 is 1.78 bits per heavy atom. The van der Waals surface area contributed by atoms with E-state index in [-0.39, 0.29) is 0 Å². The van der Waals surface area contributed by atoms with E-state index in [1.54, 1.807) is 6.07 Å². The minimum atomic E-state index is 0.318. The van der Waals surface area contributed by atoms with Crippen molar-refractivity contribution in [2.45, 2.75) is 104 Å². The van der Waals surface area contributed by atoms with Crippen LogP contribution in [0.15, 0.2) is 18.2 Å². The quantitative estimate of drug-likeness (QED) is 0.276. The molecule has 1 aromatic carbocycles. The number of hydrogen-bond acceptors (Lipinski definition) is 3. The van der Waals surface area contributed by atoms with E-state index < -0.39 is 0 Å². The molecule has 0 aromatic heterocycles. The lowest BCUT2D eigenvalue weighted by atomic mass is 10.1. The summed E-state index contributed by atoms with van der Waals surface area (Å²) in [5.74, 6) is 0.318. The minimum absolute atomic E-state index is 0.318. The molecule has 0 spiro atoms. The van der Waals surface area contributed by atoms with E-state index >= 15 is 0 Å². The van der Waals surface area contributed by atoms with Crippen LogP contribution < -0.4 is 0 Å². The molecule has 3 nitrogen and oxygen atoms in total. The molecule has 0 radical (unpaired) electrons. The zero-order chi connectivity index (χ0) is 19.6. The molecule has 0 saturated heterocycles. The fourth-order valence-corrected chi connectivity index (χ4v) is 3.25. The van der Waals surface area contributed by atoms with E-state index in [1.807, 2.05) is 12.1 Å². The van der Waals surface area contributed by atoms with Gasteiger partial charge in [0, 0.05) is 18.8 Å². The van der Waals surface area contributed by atoms with Crippen molar-refractivity contribution < 1.29 is 14.6 Å². The van der Waals surface area contributed by atoms with Crippen LogP contribution in [0.5, 0.6) is 5.75 Å². The molecule has 1 rings (SSSR count). The summed E-state index contributed by atoms with van der Waals surface area (Å²) in [4.78, 5) is 0. The van der Waals surface area contributed by atoms with Gasteiger partial charge in [0.05, 0.1) is 13.2 Å². The molecule has 3 heteroatoms. The molecule has 156 valence electrons. The predicted molar refractivity (Wildman–Crippen MR) is 114 cm³/mol. The summed E-state index contributed by atoms with van der Waals surface area (Å²) in [5.41, 5.74) is 1.93. The van der Waals surface area contributed by atoms with Crippen molar-refractivity contribution in [2.75, 3.05) is 13.2 Å². The van der Waals surface area contributed by atoms with Crippen molar-refractivity contribution in [1.82, 2.24) is 0 Å². The highest BCUT2D eigenvalue weighted by molar-refractivity contribution is 5.38. The number of phenols is 1. The molecule has 27 heavy (non-hydrogen) atoms. The fourth-order valence-electron chi connectivity index (χ4n) is 3.25. The van der Waals surface area contributed by atoms with E-state index in [9.17, 15) is 5.11 Å². The van der Waals surface area contributed by atoms with Crippen LogP contribution in [0.3, 0.4) is 0 Å². The molecule has 0 amide bonds. The third-order valence-electron chi connectivity index (χ3n) is 5.04. The molecule has 0 saturated carbocycles. The molecule has 0 heterocycles. The number of rotatable bonds is 18. The fraction of sp³-hybridized carbons (Fsp3) is 0.750. The zero-order valence-corrected chi connectivity index (χ0v) is 17.8. The molecule has 0 aliphatic rings. The first-order valence-electron chi connectivity index (χ1n) is 11.2. The average Bonchev–Trinajstić information content (AvgIpc) is 2.67. The molecule has 1 N–H and O–H groups in total. The van der Waals surface area contributed by atoms with E-state index in [0.29, 0.717) is 19.0 Å². The monoisotopic (exact) mass is 378 g/mol. The molecule has 0 aliphatic heterocycles. The summed E-state index contributed by atoms with van der Waals surface area (Å²) in [6, 6.07) is 5.65. The normalized spacial score (nSPS) is 11.2. The van der Waals surface area contributed by atoms with Gasteiger partial charge in [0.25, 0.3) is 0 Å². The second-order valence-corrected chi connectivity index (χ2v) is 7.56. The summed E-state index contributed by atoms with van der Waals surface area (Å²) in [7, 11) is 0. The molecule has 0 aliphatic carbocycles. The van der Waals surface area contributed by atoms with E-state index in [4.69, 9.17) is 9.47 Å². The number of aromatic hydroxyl groups is 1. The van der Waals surface area contributed by atoms with Gasteiger partial charge >= 0.3 is 0 Å². The lowest BCUT2D eigenvalue weighted by Crippen LogP contribution is -2.03. The van der Waals surface area contributed by atoms with E-state index in [2.05, 4.69) is 13.8 Å². The Bertz CT molecular complexity index is 459. The van der Waals surface area contributed by atoms with Gasteiger partial charge in [-0.05, 0) is 24.5 Å². The van der Waals surface area contributed by atoms with Gasteiger partial charge in [-0.15, -0.1) is 0 Å². The second-order valence-electron chi connectivity index (χ2n) is 7.56. The van der Waals surface area contributed by atoms with Gasteiger partial charge in [-0.1, -0.05) is 90.2 Å². The van der Waals surface area contributed by atoms with E-state index in [0.717, 1.165) is 37.2 Å². The summed E-state index contributed by atoms with van der Waals surface area (Å²) in [6.07, 6.45) is 15.2. The van der Waals surface area contributed by atoms with Crippen LogP contribution in [0.1, 0.15) is 102 Å². The van der Waals surface area contributed by atoms with Crippen molar-refractivity contribution >= 4 is 0 Å². The Morgan fingerprint density at radius 1 is 0.667 bits per heavy atom. The van der Waals surface area contributed by atoms with Gasteiger partial charge < -0.3 is 14.6 Å². The highest BCUT2D eigenvalue weighted by atomic mass is 16.5. The van der Waals surface area contributed by atoms with Gasteiger partial charge in [0.1, 0.15) is 5.75 Å². The van der Waals surface area contributed by atoms with Crippen LogP contribution in [0.4, 0.5) is 0 Å². The third-order valence-corrected chi connectivity index (χ3v) is 5.04. The Hall–Kier alpha value is -1.06. The Kier molecular flexibility index (Phi) is 15.2. The van der Waals surface area contributed by atoms with Crippen LogP contribution in [-0.2, 0) is 22.7 Å². The lowest BCUT2D eigenvalue weighted by molar-refractivity contribution is 0.102. The topological polar surface area (TPSA) is 38.7 Å². The van der Waals surface area contributed by atoms with Gasteiger partial charge in [-0.3, -0.25) is 0 Å². The van der Waals surface area contributed by atoms with Crippen molar-refractivity contribution in [1.29, 1.82) is 0 Å². The average molecular weight is 379 g/mol. The van der Waals surface area contributed by atoms with Gasteiger partial charge in [0.2, 0.25) is 0 Å².